The van der Waals surface area contributed by atoms with Crippen molar-refractivity contribution in [3.8, 4) is 11.5 Å². The summed E-state index contributed by atoms with van der Waals surface area (Å²) in [6.45, 7) is 7.67. The van der Waals surface area contributed by atoms with Crippen molar-refractivity contribution in [2.75, 3.05) is 46.3 Å². The molecule has 4 atom stereocenters. The third-order valence-electron chi connectivity index (χ3n) is 7.50. The van der Waals surface area contributed by atoms with E-state index >= 15 is 0 Å². The lowest BCUT2D eigenvalue weighted by Gasteiger charge is -2.44. The molecule has 0 unspecified atom stereocenters. The second-order valence-corrected chi connectivity index (χ2v) is 9.72. The van der Waals surface area contributed by atoms with Crippen molar-refractivity contribution in [3.63, 3.8) is 0 Å². The van der Waals surface area contributed by atoms with Crippen LogP contribution in [0, 0.1) is 11.8 Å². The van der Waals surface area contributed by atoms with E-state index in [1.54, 1.807) is 0 Å². The summed E-state index contributed by atoms with van der Waals surface area (Å²) >= 11 is 0. The molecule has 5 nitrogen and oxygen atoms in total. The number of aliphatic hydroxyl groups is 1. The smallest absolute Gasteiger partial charge is 0.127 e. The van der Waals surface area contributed by atoms with E-state index in [9.17, 15) is 5.11 Å². The lowest BCUT2D eigenvalue weighted by Crippen LogP contribution is -2.55. The van der Waals surface area contributed by atoms with Gasteiger partial charge in [0.15, 0.2) is 0 Å². The average molecular weight is 422 g/mol. The van der Waals surface area contributed by atoms with E-state index in [4.69, 9.17) is 4.74 Å². The molecule has 1 aliphatic carbocycles. The van der Waals surface area contributed by atoms with Crippen LogP contribution in [0.3, 0.4) is 0 Å². The largest absolute Gasteiger partial charge is 0.457 e. The molecule has 0 amide bonds. The highest BCUT2D eigenvalue weighted by Crippen LogP contribution is 2.39. The summed E-state index contributed by atoms with van der Waals surface area (Å²) in [6.07, 6.45) is 1.94. The maximum atomic E-state index is 10.9. The number of hydrogen-bond acceptors (Lipinski definition) is 5. The van der Waals surface area contributed by atoms with Crippen LogP contribution in [-0.2, 0) is 6.54 Å². The topological polar surface area (TPSA) is 39.2 Å². The molecule has 31 heavy (non-hydrogen) atoms. The lowest BCUT2D eigenvalue weighted by molar-refractivity contribution is -0.0249. The number of likely N-dealkylation sites (N-methyl/N-ethyl adjacent to an activating group) is 1. The van der Waals surface area contributed by atoms with Gasteiger partial charge in [0.25, 0.3) is 0 Å². The Labute approximate surface area is 186 Å². The van der Waals surface area contributed by atoms with Crippen LogP contribution < -0.4 is 4.74 Å². The molecule has 0 bridgehead atoms. The highest BCUT2D eigenvalue weighted by atomic mass is 16.5. The molecule has 5 rings (SSSR count). The first kappa shape index (κ1) is 21.0. The minimum absolute atomic E-state index is 0.168. The third kappa shape index (κ3) is 4.96. The fraction of sp³-hybridized carbons (Fsp3) is 0.538. The van der Waals surface area contributed by atoms with E-state index in [0.717, 1.165) is 70.2 Å². The SMILES string of the molecule is CN1CCN([C@@H]2C[C@@H]3CN(Cc4ccc(Oc5ccccc5)cc4)C[C@@H]3C[C@H]2O)CC1. The zero-order valence-electron chi connectivity index (χ0n) is 18.6. The minimum Gasteiger partial charge on any atom is -0.457 e. The van der Waals surface area contributed by atoms with Crippen LogP contribution in [0.15, 0.2) is 54.6 Å². The van der Waals surface area contributed by atoms with Crippen LogP contribution in [-0.4, -0.2) is 78.3 Å². The van der Waals surface area contributed by atoms with Gasteiger partial charge in [0, 0.05) is 51.9 Å². The van der Waals surface area contributed by atoms with Crippen LogP contribution in [0.5, 0.6) is 11.5 Å². The van der Waals surface area contributed by atoms with Crippen molar-refractivity contribution in [2.24, 2.45) is 11.8 Å². The van der Waals surface area contributed by atoms with E-state index in [2.05, 4.69) is 46.0 Å². The number of hydrogen-bond donors (Lipinski definition) is 1. The van der Waals surface area contributed by atoms with Gasteiger partial charge >= 0.3 is 0 Å². The van der Waals surface area contributed by atoms with Gasteiger partial charge < -0.3 is 14.7 Å². The first-order chi connectivity index (χ1) is 15.1. The molecular formula is C26H35N3O2. The molecule has 3 aliphatic rings. The van der Waals surface area contributed by atoms with E-state index in [-0.39, 0.29) is 6.10 Å². The Bertz CT molecular complexity index is 835. The fourth-order valence-corrected chi connectivity index (χ4v) is 5.73. The van der Waals surface area contributed by atoms with Crippen LogP contribution >= 0.6 is 0 Å². The standard InChI is InChI=1S/C26H35N3O2/c1-27-11-13-29(14-12-27)25-15-21-18-28(19-22(21)16-26(25)30)17-20-7-9-24(10-8-20)31-23-5-3-2-4-6-23/h2-10,21-22,25-26,30H,11-19H2,1H3/t21-,22+,25-,26-/m1/s1. The highest BCUT2D eigenvalue weighted by Gasteiger charge is 2.43. The molecule has 0 radical (unpaired) electrons. The molecule has 2 aromatic carbocycles. The number of rotatable bonds is 5. The molecule has 0 spiro atoms. The first-order valence-corrected chi connectivity index (χ1v) is 11.8. The minimum atomic E-state index is -0.168. The van der Waals surface area contributed by atoms with Crippen LogP contribution in [0.1, 0.15) is 18.4 Å². The molecule has 5 heteroatoms. The predicted molar refractivity (Wildman–Crippen MR) is 123 cm³/mol. The molecule has 3 fully saturated rings. The Kier molecular flexibility index (Phi) is 6.28. The summed E-state index contributed by atoms with van der Waals surface area (Å²) in [4.78, 5) is 7.53. The van der Waals surface area contributed by atoms with E-state index in [1.807, 2.05) is 30.3 Å². The molecule has 1 N–H and O–H groups in total. The molecule has 2 aromatic rings. The third-order valence-corrected chi connectivity index (χ3v) is 7.50. The van der Waals surface area contributed by atoms with Gasteiger partial charge in [-0.3, -0.25) is 9.80 Å². The fourth-order valence-electron chi connectivity index (χ4n) is 5.73. The maximum absolute atomic E-state index is 10.9. The van der Waals surface area contributed by atoms with E-state index < -0.39 is 0 Å². The Balaban J connectivity index is 1.15. The summed E-state index contributed by atoms with van der Waals surface area (Å²) in [5.41, 5.74) is 1.33. The van der Waals surface area contributed by atoms with Crippen LogP contribution in [0.4, 0.5) is 0 Å². The van der Waals surface area contributed by atoms with E-state index in [1.165, 1.54) is 5.56 Å². The number of ether oxygens (including phenoxy) is 1. The molecule has 2 saturated heterocycles. The number of nitrogens with zero attached hydrogens (tertiary/aromatic N) is 3. The average Bonchev–Trinajstić information content (AvgIpc) is 3.17. The number of piperazine rings is 1. The number of benzene rings is 2. The Hall–Kier alpha value is -1.92. The summed E-state index contributed by atoms with van der Waals surface area (Å²) in [5.74, 6) is 3.10. The number of aliphatic hydroxyl groups excluding tert-OH is 1. The summed E-state index contributed by atoms with van der Waals surface area (Å²) in [5, 5.41) is 10.9. The summed E-state index contributed by atoms with van der Waals surface area (Å²) in [6, 6.07) is 18.8. The quantitative estimate of drug-likeness (QED) is 0.802. The van der Waals surface area contributed by atoms with Crippen molar-refractivity contribution < 1.29 is 9.84 Å². The number of likely N-dealkylation sites (tertiary alicyclic amines) is 1. The van der Waals surface area contributed by atoms with Crippen molar-refractivity contribution in [1.82, 2.24) is 14.7 Å². The molecule has 1 saturated carbocycles. The van der Waals surface area contributed by atoms with Gasteiger partial charge in [-0.2, -0.15) is 0 Å². The normalized spacial score (nSPS) is 30.3. The molecule has 166 valence electrons. The van der Waals surface area contributed by atoms with Crippen molar-refractivity contribution in [2.45, 2.75) is 31.5 Å². The first-order valence-electron chi connectivity index (χ1n) is 11.8. The zero-order chi connectivity index (χ0) is 21.2. The monoisotopic (exact) mass is 421 g/mol. The van der Waals surface area contributed by atoms with Gasteiger partial charge in [-0.25, -0.2) is 0 Å². The molecule has 2 aliphatic heterocycles. The second-order valence-electron chi connectivity index (χ2n) is 9.72. The van der Waals surface area contributed by atoms with Gasteiger partial charge in [0.2, 0.25) is 0 Å². The number of para-hydroxylation sites is 1. The molecule has 0 aromatic heterocycles. The predicted octanol–water partition coefficient (Wildman–Crippen LogP) is 3.30. The van der Waals surface area contributed by atoms with Gasteiger partial charge in [-0.15, -0.1) is 0 Å². The van der Waals surface area contributed by atoms with E-state index in [0.29, 0.717) is 17.9 Å². The zero-order valence-corrected chi connectivity index (χ0v) is 18.6. The Morgan fingerprint density at radius 2 is 1.48 bits per heavy atom. The van der Waals surface area contributed by atoms with Gasteiger partial charge in [-0.05, 0) is 61.6 Å². The van der Waals surface area contributed by atoms with Crippen molar-refractivity contribution in [1.29, 1.82) is 0 Å². The molecular weight excluding hydrogens is 386 g/mol. The Morgan fingerprint density at radius 3 is 2.19 bits per heavy atom. The van der Waals surface area contributed by atoms with Crippen LogP contribution in [0.25, 0.3) is 0 Å². The summed E-state index contributed by atoms with van der Waals surface area (Å²) < 4.78 is 5.92. The lowest BCUT2D eigenvalue weighted by atomic mass is 9.77. The molecule has 2 heterocycles. The van der Waals surface area contributed by atoms with Gasteiger partial charge in [-0.1, -0.05) is 30.3 Å². The Morgan fingerprint density at radius 1 is 0.839 bits per heavy atom. The van der Waals surface area contributed by atoms with Gasteiger partial charge in [0.1, 0.15) is 11.5 Å². The van der Waals surface area contributed by atoms with Gasteiger partial charge in [0.05, 0.1) is 6.10 Å². The highest BCUT2D eigenvalue weighted by molar-refractivity contribution is 5.33. The van der Waals surface area contributed by atoms with Crippen LogP contribution in [0.2, 0.25) is 0 Å². The van der Waals surface area contributed by atoms with Crippen molar-refractivity contribution in [3.05, 3.63) is 60.2 Å². The second kappa shape index (κ2) is 9.29. The summed E-state index contributed by atoms with van der Waals surface area (Å²) in [7, 11) is 2.19. The maximum Gasteiger partial charge on any atom is 0.127 e. The number of fused-ring (bicyclic) bond motifs is 1. The van der Waals surface area contributed by atoms with Crippen molar-refractivity contribution >= 4 is 0 Å².